The third-order valence-electron chi connectivity index (χ3n) is 31.2. The second-order valence-corrected chi connectivity index (χ2v) is 43.7. The zero-order valence-corrected chi connectivity index (χ0v) is 109. The van der Waals surface area contributed by atoms with Crippen LogP contribution in [0.2, 0.25) is 0 Å². The number of alkyl halides is 2. The maximum absolute atomic E-state index is 12.1. The van der Waals surface area contributed by atoms with Gasteiger partial charge in [0.2, 0.25) is 0 Å². The Morgan fingerprint density at radius 1 is 0.407 bits per heavy atom. The number of carbonyl (C=O) groups excluding carboxylic acids is 5. The number of carboxylic acid groups (broad SMARTS) is 1. The summed E-state index contributed by atoms with van der Waals surface area (Å²) in [4.78, 5) is 88.8. The number of nitrogens with one attached hydrogen (secondary N) is 2. The van der Waals surface area contributed by atoms with Crippen LogP contribution in [-0.4, -0.2) is 344 Å². The van der Waals surface area contributed by atoms with E-state index in [4.69, 9.17) is 30.1 Å². The zero-order valence-electron chi connectivity index (χ0n) is 89.5. The van der Waals surface area contributed by atoms with E-state index in [-0.39, 0.29) is 198 Å². The first-order valence-corrected chi connectivity index (χ1v) is 53.0. The van der Waals surface area contributed by atoms with Crippen molar-refractivity contribution in [2.45, 2.75) is 281 Å². The molecule has 6 saturated heterocycles. The first-order valence-electron chi connectivity index (χ1n) is 50.8. The average molecular weight is 2690 g/mol. The molecule has 6 radical (unpaired) electrons. The topological polar surface area (TPSA) is 300 Å². The van der Waals surface area contributed by atoms with Gasteiger partial charge in [0.1, 0.15) is 11.1 Å². The number of hydrogen-bond donors (Lipinski definition) is 7. The predicted octanol–water partition coefficient (Wildman–Crippen LogP) is 13.5. The van der Waals surface area contributed by atoms with Crippen molar-refractivity contribution < 1.29 is 230 Å². The summed E-state index contributed by atoms with van der Waals surface area (Å²) in [7, 11) is 16.8. The summed E-state index contributed by atoms with van der Waals surface area (Å²) in [6, 6.07) is 2.37. The monoisotopic (exact) mass is 2690 g/mol. The molecule has 6 saturated carbocycles. The van der Waals surface area contributed by atoms with Gasteiger partial charge in [0.05, 0.1) is 41.5 Å². The van der Waals surface area contributed by atoms with Crippen LogP contribution in [0.3, 0.4) is 0 Å². The maximum Gasteiger partial charge on any atom is 1.00 e. The van der Waals surface area contributed by atoms with Crippen LogP contribution in [0.4, 0.5) is 9.59 Å². The van der Waals surface area contributed by atoms with Crippen LogP contribution in [0.25, 0.3) is 0 Å². The number of ether oxygens (including phenoxy) is 4. The number of methoxy groups -OCH3 is 4. The molecule has 6 heterocycles. The molecule has 0 spiro atoms. The number of nitrogens with zero attached hydrogens (tertiary/aromatic N) is 9. The molecule has 135 heavy (non-hydrogen) atoms. The number of allylic oxidation sites excluding steroid dienone is 1. The van der Waals surface area contributed by atoms with Gasteiger partial charge in [-0.25, -0.2) is 9.59 Å². The van der Waals surface area contributed by atoms with Gasteiger partial charge in [-0.05, 0) is 368 Å². The van der Waals surface area contributed by atoms with E-state index in [0.29, 0.717) is 72.6 Å². The van der Waals surface area contributed by atoms with Gasteiger partial charge >= 0.3 is 59.7 Å². The number of carboxylic acids is 1. The van der Waals surface area contributed by atoms with Crippen molar-refractivity contribution in [2.24, 2.45) is 112 Å². The summed E-state index contributed by atoms with van der Waals surface area (Å²) in [5, 5.41) is 35.0. The number of alkyl carbamates (subject to hydrolysis) is 1. The molecular formula is C102H195Ac3BBr2N12NaO14. The van der Waals surface area contributed by atoms with Gasteiger partial charge in [0.15, 0.2) is 0 Å². The van der Waals surface area contributed by atoms with Crippen molar-refractivity contribution >= 4 is 75.8 Å². The Bertz CT molecular complexity index is 3090. The van der Waals surface area contributed by atoms with Gasteiger partial charge in [-0.3, -0.25) is 39.5 Å². The molecule has 33 heteroatoms. The molecule has 0 aromatic rings. The minimum absolute atomic E-state index is 0. The number of halogens is 2. The third kappa shape index (κ3) is 58.6. The fraction of sp³-hybridized carbons (Fsp3) is 0.902. The summed E-state index contributed by atoms with van der Waals surface area (Å²) in [5.41, 5.74) is 6.68. The molecule has 6 aliphatic heterocycles. The molecule has 0 aromatic heterocycles. The summed E-state index contributed by atoms with van der Waals surface area (Å²) < 4.78 is 18.7. The van der Waals surface area contributed by atoms with Crippen LogP contribution < -0.4 is 45.9 Å². The number of ketones is 1. The molecule has 8 N–H and O–H groups in total. The van der Waals surface area contributed by atoms with Gasteiger partial charge in [0.25, 0.3) is 0 Å². The van der Waals surface area contributed by atoms with E-state index < -0.39 is 5.97 Å². The van der Waals surface area contributed by atoms with E-state index in [0.717, 1.165) is 145 Å². The number of piperidine rings is 6. The van der Waals surface area contributed by atoms with Gasteiger partial charge in [-0.15, -0.1) is 0 Å². The van der Waals surface area contributed by atoms with E-state index in [1.54, 1.807) is 0 Å². The fourth-order valence-electron chi connectivity index (χ4n) is 21.7. The number of aliphatic carboxylic acids is 1. The number of rotatable bonds is 25. The Kier molecular flexibility index (Phi) is 84.5. The molecule has 12 fully saturated rings. The largest absolute Gasteiger partial charge is 1.00 e. The van der Waals surface area contributed by atoms with Crippen LogP contribution in [0, 0.1) is 239 Å². The standard InChI is InChI=1S/C19H34N2O2.C17H32N2O2.C16H30N2O2.C15H28N2O2.C14H28N2.C13H23NO.C4H7Br.C3H5BrO2.CH5N.3Ac.BHO.Na.H2O2/c1-14(2)12-21(19(22)23-5)18-10-16(4)17(11-18)13-20-8-6-15(3)7-9-20;1-13-5-7-19(8-6-13)11-15-10-16(9-14(15)2)18(3)12-17(20)21-4;1-12-4-6-18(7-5-12)10-14-9-15(8-13(14)2)17(3)11-16(19)20;1-11-4-6-17(7-5-11)10-13-9-14(8-12(13)2)16-15(18)19-3;1-11-4-6-16(7-5-11)10-13-9-14(15-3)8-12(13)2;1-10-3-5-14(6-4-10)9-12-8-13(15)7-11(12)2;1-4(2)3-5;1-6-3(5)2-4;1-2;;;;1-2;;1-2/h15-18H,1,6-13H2,2-5H3;13-16H,5-12H2,1-4H3;12-15H,4-11H2,1-3H3,(H,19,20);11-14H,4-10H2,1-3H3,(H,16,18);11-15H,4-10H2,1-3H3;10-12H,3-9H2,1-2H3;1,3H2,2H3;2H2,1H3;2H2,1H3;;;;2H;;1-2H/q;;;;;;;;;;;;-1;+1;/t16-,17+,18?;14-,15+,16?;13-,14+,15?;2*12-,13+,14?;11-,12+;;;;;;;;;/m000000........./s1. The Hall–Kier alpha value is 1.93. The normalized spacial score (nSPS) is 28.7. The molecular weight excluding hydrogens is 2490 g/mol. The summed E-state index contributed by atoms with van der Waals surface area (Å²) in [6.07, 6.45) is 29.3. The summed E-state index contributed by atoms with van der Waals surface area (Å²) >= 11 is 6.11. The third-order valence-corrected chi connectivity index (χ3v) is 32.6. The number of esters is 2. The van der Waals surface area contributed by atoms with E-state index in [1.807, 2.05) is 30.7 Å². The quantitative estimate of drug-likeness (QED) is 0.00850. The van der Waals surface area contributed by atoms with Crippen LogP contribution in [-0.2, 0) is 38.1 Å². The Morgan fingerprint density at radius 3 is 0.941 bits per heavy atom. The van der Waals surface area contributed by atoms with Gasteiger partial charge in [-0.2, -0.15) is 0 Å². The van der Waals surface area contributed by atoms with Gasteiger partial charge in [-0.1, -0.05) is 139 Å². The molecule has 26 nitrogen and oxygen atoms in total. The fourth-order valence-corrected chi connectivity index (χ4v) is 22.0. The maximum atomic E-state index is 12.1. The van der Waals surface area contributed by atoms with E-state index in [1.165, 1.54) is 262 Å². The van der Waals surface area contributed by atoms with E-state index in [2.05, 4.69) is 210 Å². The molecule has 12 aliphatic rings. The predicted molar refractivity (Wildman–Crippen MR) is 546 cm³/mol. The smallest absolute Gasteiger partial charge is 0.715 e. The minimum atomic E-state index is -0.714. The van der Waals surface area contributed by atoms with Crippen molar-refractivity contribution in [3.63, 3.8) is 0 Å². The number of Topliss-reactive ketones (excluding diaryl/α,β-unsaturated/α-hetero) is 1. The minimum Gasteiger partial charge on any atom is -0.715 e. The van der Waals surface area contributed by atoms with Crippen LogP contribution in [0.5, 0.6) is 0 Å². The number of likely N-dealkylation sites (N-methyl/N-ethyl adjacent to an activating group) is 2. The molecule has 2 amide bonds. The molecule has 6 aliphatic carbocycles. The summed E-state index contributed by atoms with van der Waals surface area (Å²) in [5.74, 6) is 13.7. The number of hydrogen-bond acceptors (Lipinski definition) is 23. The molecule has 17 atom stereocenters. The summed E-state index contributed by atoms with van der Waals surface area (Å²) in [6.45, 7) is 63.5. The number of carbonyl (C=O) groups is 6. The molecule has 12 rings (SSSR count). The van der Waals surface area contributed by atoms with Crippen molar-refractivity contribution in [3.05, 3.63) is 24.3 Å². The van der Waals surface area contributed by atoms with E-state index >= 15 is 0 Å². The zero-order chi connectivity index (χ0) is 98.6. The van der Waals surface area contributed by atoms with E-state index in [9.17, 15) is 28.8 Å². The second kappa shape index (κ2) is 80.9. The van der Waals surface area contributed by atoms with Crippen molar-refractivity contribution in [2.75, 3.05) is 205 Å². The van der Waals surface area contributed by atoms with Crippen molar-refractivity contribution in [3.8, 4) is 0 Å². The number of nitrogens with two attached hydrogens (primary N) is 1. The SMILES string of the molecule is C=C(C)CBr.C=C(C)CN(C(=O)OC)C1C[C@H](CN2CCC(C)CC2)[C@@H](C)C1.CC1CCN(C[C@H]2CC(=O)C[C@@H]2C)CC1.CC1CCN(C[C@H]2CC(N(C)CC(=O)O)C[C@@H]2C)CC1.CN.CNC1C[C@H](CN2CCC(C)CC2)[C@@H](C)C1.COC(=O)CBr.COC(=O)CN(C)C1C[C@H](CN2CCC(C)CC2)[C@@H](C)C1.COC(=O)NC1C[C@H](CN2CCC(C)CC2)[C@@H](C)C1.OO.[Ac].[Ac].[Ac].[B-]O.[Na+]. The second-order valence-electron chi connectivity index (χ2n) is 42.6. The van der Waals surface area contributed by atoms with Crippen LogP contribution >= 0.6 is 31.9 Å². The number of amides is 2. The van der Waals surface area contributed by atoms with Crippen molar-refractivity contribution in [1.82, 2.24) is 54.7 Å². The Balaban J connectivity index is -0.00000149. The first-order chi connectivity index (χ1) is 62.3. The van der Waals surface area contributed by atoms with Gasteiger partial charge in [0, 0.05) is 226 Å². The van der Waals surface area contributed by atoms with Crippen LogP contribution in [0.15, 0.2) is 24.3 Å². The number of likely N-dealkylation sites (tertiary alicyclic amines) is 6. The van der Waals surface area contributed by atoms with Crippen molar-refractivity contribution in [1.29, 1.82) is 0 Å². The Labute approximate surface area is 971 Å². The van der Waals surface area contributed by atoms with Gasteiger partial charge < -0.3 is 87.8 Å². The molecule has 0 bridgehead atoms. The average Bonchev–Trinajstić information content (AvgIpc) is 1.69. The molecule has 5 unspecified atom stereocenters. The molecule has 0 aromatic carbocycles. The molecule has 774 valence electrons. The Morgan fingerprint density at radius 2 is 0.689 bits per heavy atom. The first kappa shape index (κ1) is 141. The van der Waals surface area contributed by atoms with Crippen LogP contribution in [0.1, 0.15) is 251 Å².